The summed E-state index contributed by atoms with van der Waals surface area (Å²) in [6.45, 7) is 5.18. The molecular formula is C19H25N5O4. The molecule has 1 amide bonds. The van der Waals surface area contributed by atoms with E-state index in [1.165, 1.54) is 4.57 Å². The van der Waals surface area contributed by atoms with Crippen LogP contribution in [0.2, 0.25) is 0 Å². The monoisotopic (exact) mass is 387 g/mol. The average molecular weight is 387 g/mol. The van der Waals surface area contributed by atoms with Crippen LogP contribution in [0.15, 0.2) is 10.9 Å². The number of carbonyl (C=O) groups is 2. The molecule has 1 N–H and O–H groups in total. The van der Waals surface area contributed by atoms with Crippen LogP contribution in [-0.4, -0.2) is 44.4 Å². The molecule has 0 saturated heterocycles. The maximum absolute atomic E-state index is 13.1. The molecule has 0 fully saturated rings. The Kier molecular flexibility index (Phi) is 5.91. The lowest BCUT2D eigenvalue weighted by Crippen LogP contribution is -2.39. The molecule has 0 aliphatic heterocycles. The number of amides is 1. The van der Waals surface area contributed by atoms with Gasteiger partial charge in [0.25, 0.3) is 5.56 Å². The molecule has 1 aliphatic rings. The fourth-order valence-electron chi connectivity index (χ4n) is 3.40. The topological polar surface area (TPSA) is 108 Å². The minimum atomic E-state index is -0.523. The van der Waals surface area contributed by atoms with E-state index in [1.54, 1.807) is 11.6 Å². The van der Waals surface area contributed by atoms with Crippen molar-refractivity contribution in [2.75, 3.05) is 13.2 Å². The SMILES string of the molecule is CCOC(=O)CNC(=O)Cn1c(-n2nc(C)cc2C)nc2c(c1=O)CCCC2. The van der Waals surface area contributed by atoms with Crippen LogP contribution in [-0.2, 0) is 33.7 Å². The molecule has 9 nitrogen and oxygen atoms in total. The number of aryl methyl sites for hydroxylation is 3. The van der Waals surface area contributed by atoms with Crippen LogP contribution in [0.25, 0.3) is 5.95 Å². The zero-order valence-electron chi connectivity index (χ0n) is 16.4. The van der Waals surface area contributed by atoms with E-state index in [2.05, 4.69) is 15.4 Å². The molecule has 28 heavy (non-hydrogen) atoms. The molecule has 0 bridgehead atoms. The second kappa shape index (κ2) is 8.37. The molecule has 0 atom stereocenters. The largest absolute Gasteiger partial charge is 0.465 e. The smallest absolute Gasteiger partial charge is 0.325 e. The summed E-state index contributed by atoms with van der Waals surface area (Å²) in [5, 5.41) is 6.92. The number of carbonyl (C=O) groups excluding carboxylic acids is 2. The summed E-state index contributed by atoms with van der Waals surface area (Å²) in [5.74, 6) is -0.663. The van der Waals surface area contributed by atoms with Crippen molar-refractivity contribution < 1.29 is 14.3 Å². The van der Waals surface area contributed by atoms with Crippen molar-refractivity contribution in [1.29, 1.82) is 0 Å². The zero-order chi connectivity index (χ0) is 20.3. The average Bonchev–Trinajstić information content (AvgIpc) is 3.00. The Hall–Kier alpha value is -2.97. The van der Waals surface area contributed by atoms with Gasteiger partial charge in [0.05, 0.1) is 18.0 Å². The van der Waals surface area contributed by atoms with Crippen molar-refractivity contribution in [3.63, 3.8) is 0 Å². The minimum absolute atomic E-state index is 0.224. The van der Waals surface area contributed by atoms with Gasteiger partial charge in [0.15, 0.2) is 0 Å². The standard InChI is InChI=1S/C19H25N5O4/c1-4-28-17(26)10-20-16(25)11-23-18(27)14-7-5-6-8-15(14)21-19(23)24-13(3)9-12(2)22-24/h9H,4-8,10-11H2,1-3H3,(H,20,25). The second-order valence-corrected chi connectivity index (χ2v) is 6.86. The minimum Gasteiger partial charge on any atom is -0.465 e. The molecule has 3 rings (SSSR count). The van der Waals surface area contributed by atoms with E-state index in [9.17, 15) is 14.4 Å². The summed E-state index contributed by atoms with van der Waals surface area (Å²) < 4.78 is 7.73. The predicted molar refractivity (Wildman–Crippen MR) is 101 cm³/mol. The van der Waals surface area contributed by atoms with E-state index in [-0.39, 0.29) is 25.3 Å². The molecule has 2 aromatic heterocycles. The number of hydrogen-bond acceptors (Lipinski definition) is 6. The Morgan fingerprint density at radius 2 is 2.00 bits per heavy atom. The van der Waals surface area contributed by atoms with Crippen LogP contribution >= 0.6 is 0 Å². The first kappa shape index (κ1) is 19.8. The Bertz CT molecular complexity index is 960. The summed E-state index contributed by atoms with van der Waals surface area (Å²) in [6.07, 6.45) is 3.31. The van der Waals surface area contributed by atoms with E-state index in [4.69, 9.17) is 4.74 Å². The number of esters is 1. The molecular weight excluding hydrogens is 362 g/mol. The first-order chi connectivity index (χ1) is 13.4. The lowest BCUT2D eigenvalue weighted by atomic mass is 9.97. The number of fused-ring (bicyclic) bond motifs is 1. The number of ether oxygens (including phenoxy) is 1. The van der Waals surface area contributed by atoms with Gasteiger partial charge in [-0.1, -0.05) is 0 Å². The highest BCUT2D eigenvalue weighted by molar-refractivity contribution is 5.81. The van der Waals surface area contributed by atoms with Crippen molar-refractivity contribution in [2.24, 2.45) is 0 Å². The van der Waals surface area contributed by atoms with Gasteiger partial charge in [-0.3, -0.25) is 19.0 Å². The Balaban J connectivity index is 1.96. The molecule has 2 heterocycles. The number of rotatable bonds is 6. The lowest BCUT2D eigenvalue weighted by molar-refractivity contribution is -0.143. The molecule has 0 unspecified atom stereocenters. The summed E-state index contributed by atoms with van der Waals surface area (Å²) in [4.78, 5) is 41.6. The maximum Gasteiger partial charge on any atom is 0.325 e. The third-order valence-corrected chi connectivity index (χ3v) is 4.65. The Labute approximate surface area is 162 Å². The van der Waals surface area contributed by atoms with Crippen LogP contribution in [0.5, 0.6) is 0 Å². The van der Waals surface area contributed by atoms with Gasteiger partial charge in [-0.15, -0.1) is 0 Å². The predicted octanol–water partition coefficient (Wildman–Crippen LogP) is 0.604. The van der Waals surface area contributed by atoms with E-state index < -0.39 is 11.9 Å². The number of aromatic nitrogens is 4. The molecule has 1 aliphatic carbocycles. The van der Waals surface area contributed by atoms with Gasteiger partial charge in [0, 0.05) is 11.3 Å². The second-order valence-electron chi connectivity index (χ2n) is 6.86. The van der Waals surface area contributed by atoms with E-state index >= 15 is 0 Å². The Morgan fingerprint density at radius 3 is 2.68 bits per heavy atom. The highest BCUT2D eigenvalue weighted by Gasteiger charge is 2.23. The molecule has 9 heteroatoms. The summed E-state index contributed by atoms with van der Waals surface area (Å²) in [5.41, 5.74) is 2.83. The lowest BCUT2D eigenvalue weighted by Gasteiger charge is -2.20. The van der Waals surface area contributed by atoms with Crippen molar-refractivity contribution in [3.05, 3.63) is 39.1 Å². The van der Waals surface area contributed by atoms with E-state index in [1.807, 2.05) is 19.9 Å². The Morgan fingerprint density at radius 1 is 1.25 bits per heavy atom. The molecule has 0 aromatic carbocycles. The van der Waals surface area contributed by atoms with Gasteiger partial charge in [-0.2, -0.15) is 5.10 Å². The first-order valence-corrected chi connectivity index (χ1v) is 9.49. The van der Waals surface area contributed by atoms with Crippen LogP contribution in [0.4, 0.5) is 0 Å². The van der Waals surface area contributed by atoms with Crippen LogP contribution in [0.1, 0.15) is 42.4 Å². The van der Waals surface area contributed by atoms with E-state index in [0.29, 0.717) is 17.9 Å². The van der Waals surface area contributed by atoms with Gasteiger partial charge >= 0.3 is 5.97 Å². The maximum atomic E-state index is 13.1. The summed E-state index contributed by atoms with van der Waals surface area (Å²) >= 11 is 0. The number of nitrogens with one attached hydrogen (secondary N) is 1. The molecule has 0 spiro atoms. The number of hydrogen-bond donors (Lipinski definition) is 1. The molecule has 0 saturated carbocycles. The van der Waals surface area contributed by atoms with Crippen molar-refractivity contribution in [1.82, 2.24) is 24.6 Å². The fraction of sp³-hybridized carbons (Fsp3) is 0.526. The van der Waals surface area contributed by atoms with Gasteiger partial charge < -0.3 is 10.1 Å². The highest BCUT2D eigenvalue weighted by Crippen LogP contribution is 2.18. The van der Waals surface area contributed by atoms with E-state index in [0.717, 1.165) is 36.3 Å². The summed E-state index contributed by atoms with van der Waals surface area (Å²) in [6, 6.07) is 1.89. The number of nitrogens with zero attached hydrogens (tertiary/aromatic N) is 4. The fourth-order valence-corrected chi connectivity index (χ4v) is 3.40. The first-order valence-electron chi connectivity index (χ1n) is 9.49. The van der Waals surface area contributed by atoms with Crippen LogP contribution in [0.3, 0.4) is 0 Å². The van der Waals surface area contributed by atoms with Gasteiger partial charge in [0.2, 0.25) is 11.9 Å². The quantitative estimate of drug-likeness (QED) is 0.728. The third-order valence-electron chi connectivity index (χ3n) is 4.65. The van der Waals surface area contributed by atoms with Crippen LogP contribution < -0.4 is 10.9 Å². The summed E-state index contributed by atoms with van der Waals surface area (Å²) in [7, 11) is 0. The van der Waals surface area contributed by atoms with Gasteiger partial charge in [-0.05, 0) is 52.5 Å². The highest BCUT2D eigenvalue weighted by atomic mass is 16.5. The molecule has 150 valence electrons. The molecule has 0 radical (unpaired) electrons. The van der Waals surface area contributed by atoms with Crippen molar-refractivity contribution in [2.45, 2.75) is 53.0 Å². The normalized spacial score (nSPS) is 13.1. The van der Waals surface area contributed by atoms with Gasteiger partial charge in [-0.25, -0.2) is 9.67 Å². The van der Waals surface area contributed by atoms with Crippen molar-refractivity contribution in [3.8, 4) is 5.95 Å². The van der Waals surface area contributed by atoms with Gasteiger partial charge in [0.1, 0.15) is 13.1 Å². The third kappa shape index (κ3) is 4.13. The molecule has 2 aromatic rings. The van der Waals surface area contributed by atoms with Crippen LogP contribution in [0, 0.1) is 13.8 Å². The van der Waals surface area contributed by atoms with Crippen molar-refractivity contribution >= 4 is 11.9 Å². The zero-order valence-corrected chi connectivity index (χ0v) is 16.4.